The van der Waals surface area contributed by atoms with E-state index in [2.05, 4.69) is 0 Å². The summed E-state index contributed by atoms with van der Waals surface area (Å²) in [6, 6.07) is 7.99. The van der Waals surface area contributed by atoms with E-state index in [9.17, 15) is 18.4 Å². The Morgan fingerprint density at radius 1 is 0.949 bits per heavy atom. The Kier molecular flexibility index (Phi) is 6.99. The van der Waals surface area contributed by atoms with Crippen LogP contribution in [0.1, 0.15) is 41.7 Å². The van der Waals surface area contributed by atoms with E-state index in [0.29, 0.717) is 92.6 Å². The van der Waals surface area contributed by atoms with Crippen LogP contribution in [0.15, 0.2) is 45.6 Å². The van der Waals surface area contributed by atoms with Gasteiger partial charge in [-0.3, -0.25) is 9.59 Å². The van der Waals surface area contributed by atoms with Crippen molar-refractivity contribution in [1.82, 2.24) is 4.90 Å². The standard InChI is InChI=1S/C29H31F2N3O5/c1-18-17-33(7-10-38-18)27-16-26(35)24-12-19(29(36)32-5-8-37-9-6-32)11-23(28(24)39-27)25-3-2-4-34(25)22-14-20(30)13-21(31)15-22/h11-16,18,25H,2-10,17H2,1H3/t18-,25?/m1/s1. The molecule has 3 fully saturated rings. The number of amides is 1. The van der Waals surface area contributed by atoms with Crippen molar-refractivity contribution in [2.45, 2.75) is 31.9 Å². The molecule has 1 amide bonds. The van der Waals surface area contributed by atoms with Gasteiger partial charge < -0.3 is 28.6 Å². The summed E-state index contributed by atoms with van der Waals surface area (Å²) in [6.07, 6.45) is 1.43. The summed E-state index contributed by atoms with van der Waals surface area (Å²) in [7, 11) is 0. The predicted molar refractivity (Wildman–Crippen MR) is 143 cm³/mol. The number of ether oxygens (including phenoxy) is 2. The zero-order chi connectivity index (χ0) is 27.1. The Morgan fingerprint density at radius 3 is 2.46 bits per heavy atom. The zero-order valence-electron chi connectivity index (χ0n) is 21.8. The number of carbonyl (C=O) groups is 1. The Morgan fingerprint density at radius 2 is 1.72 bits per heavy atom. The minimum absolute atomic E-state index is 0.0130. The highest BCUT2D eigenvalue weighted by Crippen LogP contribution is 2.40. The monoisotopic (exact) mass is 539 g/mol. The number of carbonyl (C=O) groups excluding carboxylic acids is 1. The van der Waals surface area contributed by atoms with Gasteiger partial charge in [0.2, 0.25) is 0 Å². The minimum Gasteiger partial charge on any atom is -0.440 e. The third-order valence-electron chi connectivity index (χ3n) is 7.73. The molecule has 1 aromatic heterocycles. The van der Waals surface area contributed by atoms with Crippen LogP contribution >= 0.6 is 0 Å². The molecular weight excluding hydrogens is 508 g/mol. The van der Waals surface area contributed by atoms with Crippen LogP contribution in [0.3, 0.4) is 0 Å². The first-order chi connectivity index (χ1) is 18.9. The van der Waals surface area contributed by atoms with Crippen LogP contribution in [-0.4, -0.2) is 69.5 Å². The van der Waals surface area contributed by atoms with Crippen LogP contribution in [0.5, 0.6) is 0 Å². The van der Waals surface area contributed by atoms with Gasteiger partial charge in [0.15, 0.2) is 11.3 Å². The van der Waals surface area contributed by atoms with Crippen molar-refractivity contribution >= 4 is 28.4 Å². The molecule has 4 heterocycles. The Bertz CT molecular complexity index is 1430. The number of fused-ring (bicyclic) bond motifs is 1. The highest BCUT2D eigenvalue weighted by Gasteiger charge is 2.32. The quantitative estimate of drug-likeness (QED) is 0.494. The second kappa shape index (κ2) is 10.6. The first-order valence-electron chi connectivity index (χ1n) is 13.5. The molecule has 2 atom stereocenters. The molecule has 0 bridgehead atoms. The molecule has 0 aliphatic carbocycles. The molecule has 1 unspecified atom stereocenters. The van der Waals surface area contributed by atoms with Gasteiger partial charge in [0.1, 0.15) is 17.2 Å². The third-order valence-corrected chi connectivity index (χ3v) is 7.73. The van der Waals surface area contributed by atoms with Gasteiger partial charge in [-0.2, -0.15) is 0 Å². The molecule has 0 radical (unpaired) electrons. The maximum atomic E-state index is 14.2. The molecule has 0 saturated carbocycles. The molecule has 3 aliphatic rings. The summed E-state index contributed by atoms with van der Waals surface area (Å²) < 4.78 is 45.9. The molecule has 2 aromatic carbocycles. The fraction of sp³-hybridized carbons (Fsp3) is 0.448. The smallest absolute Gasteiger partial charge is 0.254 e. The average molecular weight is 540 g/mol. The number of morpholine rings is 2. The number of rotatable bonds is 4. The molecular formula is C29H31F2N3O5. The normalized spacial score (nSPS) is 22.1. The van der Waals surface area contributed by atoms with E-state index >= 15 is 0 Å². The lowest BCUT2D eigenvalue weighted by molar-refractivity contribution is 0.0303. The largest absolute Gasteiger partial charge is 0.440 e. The number of nitrogens with zero attached hydrogens (tertiary/aromatic N) is 3. The second-order valence-electron chi connectivity index (χ2n) is 10.4. The van der Waals surface area contributed by atoms with Crippen LogP contribution in [0.2, 0.25) is 0 Å². The van der Waals surface area contributed by atoms with Gasteiger partial charge in [-0.1, -0.05) is 0 Å². The lowest BCUT2D eigenvalue weighted by Crippen LogP contribution is -2.41. The third kappa shape index (κ3) is 5.10. The molecule has 206 valence electrons. The lowest BCUT2D eigenvalue weighted by Gasteiger charge is -2.32. The minimum atomic E-state index is -0.660. The first-order valence-corrected chi connectivity index (χ1v) is 13.5. The van der Waals surface area contributed by atoms with Crippen LogP contribution in [0.25, 0.3) is 11.0 Å². The van der Waals surface area contributed by atoms with Crippen molar-refractivity contribution in [3.8, 4) is 0 Å². The van der Waals surface area contributed by atoms with E-state index in [4.69, 9.17) is 13.9 Å². The van der Waals surface area contributed by atoms with Gasteiger partial charge in [0.05, 0.1) is 37.4 Å². The van der Waals surface area contributed by atoms with Gasteiger partial charge in [-0.15, -0.1) is 0 Å². The predicted octanol–water partition coefficient (Wildman–Crippen LogP) is 4.11. The topological polar surface area (TPSA) is 75.5 Å². The lowest BCUT2D eigenvalue weighted by atomic mass is 9.97. The van der Waals surface area contributed by atoms with E-state index in [1.54, 1.807) is 17.0 Å². The van der Waals surface area contributed by atoms with Gasteiger partial charge in [0, 0.05) is 61.7 Å². The van der Waals surface area contributed by atoms with Crippen molar-refractivity contribution in [3.63, 3.8) is 0 Å². The summed E-state index contributed by atoms with van der Waals surface area (Å²) in [6.45, 7) is 6.06. The average Bonchev–Trinajstić information content (AvgIpc) is 3.42. The van der Waals surface area contributed by atoms with Crippen LogP contribution in [-0.2, 0) is 9.47 Å². The van der Waals surface area contributed by atoms with E-state index in [-0.39, 0.29) is 23.5 Å². The van der Waals surface area contributed by atoms with Crippen LogP contribution < -0.4 is 15.2 Å². The fourth-order valence-corrected chi connectivity index (χ4v) is 5.87. The van der Waals surface area contributed by atoms with Crippen LogP contribution in [0.4, 0.5) is 20.4 Å². The molecule has 10 heteroatoms. The van der Waals surface area contributed by atoms with Crippen molar-refractivity contribution in [3.05, 3.63) is 69.4 Å². The second-order valence-corrected chi connectivity index (χ2v) is 10.4. The van der Waals surface area contributed by atoms with Crippen molar-refractivity contribution in [2.24, 2.45) is 0 Å². The molecule has 8 nitrogen and oxygen atoms in total. The SMILES string of the molecule is C[C@@H]1CN(c2cc(=O)c3cc(C(=O)N4CCOCC4)cc(C4CCCN4c4cc(F)cc(F)c4)c3o2)CCO1. The van der Waals surface area contributed by atoms with E-state index in [0.717, 1.165) is 12.5 Å². The Balaban J connectivity index is 1.49. The highest BCUT2D eigenvalue weighted by molar-refractivity contribution is 5.99. The maximum Gasteiger partial charge on any atom is 0.254 e. The number of halogens is 2. The zero-order valence-corrected chi connectivity index (χ0v) is 21.8. The highest BCUT2D eigenvalue weighted by atomic mass is 19.1. The maximum absolute atomic E-state index is 14.2. The first kappa shape index (κ1) is 25.8. The van der Waals surface area contributed by atoms with E-state index in [1.807, 2.05) is 16.7 Å². The molecule has 39 heavy (non-hydrogen) atoms. The molecule has 3 aromatic rings. The van der Waals surface area contributed by atoms with Gasteiger partial charge in [-0.05, 0) is 44.0 Å². The van der Waals surface area contributed by atoms with Crippen molar-refractivity contribution in [1.29, 1.82) is 0 Å². The summed E-state index contributed by atoms with van der Waals surface area (Å²) in [5.74, 6) is -1.07. The molecule has 6 rings (SSSR count). The van der Waals surface area contributed by atoms with Gasteiger partial charge in [0.25, 0.3) is 5.91 Å². The summed E-state index contributed by atoms with van der Waals surface area (Å²) >= 11 is 0. The number of hydrogen-bond donors (Lipinski definition) is 0. The van der Waals surface area contributed by atoms with E-state index in [1.165, 1.54) is 18.2 Å². The Labute approximate surface area is 224 Å². The van der Waals surface area contributed by atoms with Crippen molar-refractivity contribution < 1.29 is 27.5 Å². The Hall–Kier alpha value is -3.50. The van der Waals surface area contributed by atoms with Crippen LogP contribution in [0, 0.1) is 11.6 Å². The van der Waals surface area contributed by atoms with E-state index < -0.39 is 11.6 Å². The fourth-order valence-electron chi connectivity index (χ4n) is 5.87. The van der Waals surface area contributed by atoms with Gasteiger partial charge in [-0.25, -0.2) is 8.78 Å². The van der Waals surface area contributed by atoms with Crippen molar-refractivity contribution in [2.75, 3.05) is 62.3 Å². The number of hydrogen-bond acceptors (Lipinski definition) is 7. The number of benzene rings is 2. The summed E-state index contributed by atoms with van der Waals surface area (Å²) in [4.78, 5) is 32.6. The summed E-state index contributed by atoms with van der Waals surface area (Å²) in [5.41, 5.74) is 1.60. The molecule has 0 spiro atoms. The molecule has 3 aliphatic heterocycles. The molecule has 0 N–H and O–H groups in total. The van der Waals surface area contributed by atoms with Gasteiger partial charge >= 0.3 is 0 Å². The summed E-state index contributed by atoms with van der Waals surface area (Å²) in [5, 5.41) is 0.312. The number of anilines is 2. The molecule has 3 saturated heterocycles.